The topological polar surface area (TPSA) is 27.1 Å². The molecular weight excluding hydrogens is 268 g/mol. The highest BCUT2D eigenvalue weighted by Crippen LogP contribution is 2.27. The lowest BCUT2D eigenvalue weighted by Crippen LogP contribution is -1.97. The minimum absolute atomic E-state index is 0.762. The van der Waals surface area contributed by atoms with Gasteiger partial charge in [-0.25, -0.2) is 4.98 Å². The second kappa shape index (κ2) is 5.67. The molecule has 104 valence electrons. The number of hydrogen-bond acceptors (Lipinski definition) is 3. The predicted octanol–water partition coefficient (Wildman–Crippen LogP) is 4.24. The lowest BCUT2D eigenvalue weighted by atomic mass is 10.2. The molecule has 3 rings (SSSR count). The summed E-state index contributed by atoms with van der Waals surface area (Å²) in [6.45, 7) is 5.79. The number of ether oxygens (including phenoxy) is 1. The quantitative estimate of drug-likeness (QED) is 0.701. The van der Waals surface area contributed by atoms with Crippen LogP contribution in [0.5, 0.6) is 5.75 Å². The first-order valence-electron chi connectivity index (χ1n) is 6.90. The van der Waals surface area contributed by atoms with E-state index in [4.69, 9.17) is 4.74 Å². The van der Waals surface area contributed by atoms with Crippen molar-refractivity contribution in [3.05, 3.63) is 46.5 Å². The van der Waals surface area contributed by atoms with Crippen LogP contribution in [0.4, 0.5) is 0 Å². The summed E-state index contributed by atoms with van der Waals surface area (Å²) < 4.78 is 8.06. The standard InChI is InChI=1S/C16H18N2OS/c1-3-9-19-16-6-4-5-15-14(16)7-8-18(15)11-13-10-17-12(2)20-13/h4-8,10H,3,9,11H2,1-2H3. The molecule has 0 amide bonds. The molecule has 0 saturated carbocycles. The van der Waals surface area contributed by atoms with Crippen molar-refractivity contribution < 1.29 is 4.74 Å². The normalized spacial score (nSPS) is 11.1. The molecule has 0 aliphatic heterocycles. The summed E-state index contributed by atoms with van der Waals surface area (Å²) >= 11 is 1.75. The number of aromatic nitrogens is 2. The summed E-state index contributed by atoms with van der Waals surface area (Å²) in [5.41, 5.74) is 1.21. The predicted molar refractivity (Wildman–Crippen MR) is 83.7 cm³/mol. The Bertz CT molecular complexity index is 714. The van der Waals surface area contributed by atoms with Gasteiger partial charge in [0.25, 0.3) is 0 Å². The van der Waals surface area contributed by atoms with Crippen molar-refractivity contribution in [3.63, 3.8) is 0 Å². The van der Waals surface area contributed by atoms with Crippen LogP contribution in [0.2, 0.25) is 0 Å². The molecule has 0 saturated heterocycles. The summed E-state index contributed by atoms with van der Waals surface area (Å²) in [5, 5.41) is 2.30. The van der Waals surface area contributed by atoms with Crippen LogP contribution in [0.3, 0.4) is 0 Å². The van der Waals surface area contributed by atoms with Crippen LogP contribution in [-0.4, -0.2) is 16.2 Å². The SMILES string of the molecule is CCCOc1cccc2c1ccn2Cc1cnc(C)s1. The molecule has 3 aromatic rings. The molecule has 0 aliphatic rings. The third-order valence-electron chi connectivity index (χ3n) is 3.23. The molecule has 1 aromatic carbocycles. The van der Waals surface area contributed by atoms with Crippen molar-refractivity contribution in [2.24, 2.45) is 0 Å². The Morgan fingerprint density at radius 1 is 1.30 bits per heavy atom. The summed E-state index contributed by atoms with van der Waals surface area (Å²) in [6, 6.07) is 8.37. The van der Waals surface area contributed by atoms with Crippen LogP contribution in [0.1, 0.15) is 23.2 Å². The number of hydrogen-bond donors (Lipinski definition) is 0. The van der Waals surface area contributed by atoms with Crippen LogP contribution >= 0.6 is 11.3 Å². The Morgan fingerprint density at radius 2 is 2.20 bits per heavy atom. The Labute approximate surface area is 122 Å². The lowest BCUT2D eigenvalue weighted by Gasteiger charge is -2.07. The van der Waals surface area contributed by atoms with E-state index < -0.39 is 0 Å². The summed E-state index contributed by atoms with van der Waals surface area (Å²) in [5.74, 6) is 0.976. The number of fused-ring (bicyclic) bond motifs is 1. The average Bonchev–Trinajstić information content (AvgIpc) is 3.04. The van der Waals surface area contributed by atoms with E-state index in [2.05, 4.69) is 40.9 Å². The molecule has 4 heteroatoms. The minimum Gasteiger partial charge on any atom is -0.493 e. The Balaban J connectivity index is 1.92. The molecule has 0 fully saturated rings. The Hall–Kier alpha value is -1.81. The summed E-state index contributed by atoms with van der Waals surface area (Å²) in [4.78, 5) is 5.59. The van der Waals surface area contributed by atoms with Crippen molar-refractivity contribution in [2.45, 2.75) is 26.8 Å². The molecule has 20 heavy (non-hydrogen) atoms. The molecule has 0 bridgehead atoms. The van der Waals surface area contributed by atoms with Gasteiger partial charge in [-0.1, -0.05) is 13.0 Å². The number of benzene rings is 1. The second-order valence-corrected chi connectivity index (χ2v) is 6.15. The van der Waals surface area contributed by atoms with Gasteiger partial charge in [0.05, 0.1) is 23.7 Å². The van der Waals surface area contributed by atoms with Gasteiger partial charge in [0.2, 0.25) is 0 Å². The number of nitrogens with zero attached hydrogens (tertiary/aromatic N) is 2. The maximum Gasteiger partial charge on any atom is 0.128 e. The van der Waals surface area contributed by atoms with E-state index in [-0.39, 0.29) is 0 Å². The lowest BCUT2D eigenvalue weighted by molar-refractivity contribution is 0.321. The van der Waals surface area contributed by atoms with Gasteiger partial charge in [-0.3, -0.25) is 0 Å². The number of aryl methyl sites for hydroxylation is 1. The first-order valence-corrected chi connectivity index (χ1v) is 7.71. The first-order chi connectivity index (χ1) is 9.78. The fourth-order valence-electron chi connectivity index (χ4n) is 2.32. The third kappa shape index (κ3) is 2.56. The highest BCUT2D eigenvalue weighted by atomic mass is 32.1. The molecule has 0 atom stereocenters. The van der Waals surface area contributed by atoms with Crippen LogP contribution in [0, 0.1) is 6.92 Å². The van der Waals surface area contributed by atoms with E-state index in [1.54, 1.807) is 11.3 Å². The van der Waals surface area contributed by atoms with Gasteiger partial charge in [-0.15, -0.1) is 11.3 Å². The van der Waals surface area contributed by atoms with Crippen LogP contribution in [0.25, 0.3) is 10.9 Å². The van der Waals surface area contributed by atoms with Gasteiger partial charge < -0.3 is 9.30 Å². The van der Waals surface area contributed by atoms with Gasteiger partial charge in [-0.2, -0.15) is 0 Å². The van der Waals surface area contributed by atoms with E-state index in [0.29, 0.717) is 0 Å². The van der Waals surface area contributed by atoms with E-state index in [0.717, 1.165) is 30.3 Å². The smallest absolute Gasteiger partial charge is 0.128 e. The van der Waals surface area contributed by atoms with Crippen LogP contribution in [-0.2, 0) is 6.54 Å². The molecule has 3 nitrogen and oxygen atoms in total. The molecule has 0 radical (unpaired) electrons. The Morgan fingerprint density at radius 3 is 2.95 bits per heavy atom. The van der Waals surface area contributed by atoms with Crippen molar-refractivity contribution in [1.82, 2.24) is 9.55 Å². The number of thiazole rings is 1. The van der Waals surface area contributed by atoms with Gasteiger partial charge in [0.1, 0.15) is 5.75 Å². The molecule has 0 unspecified atom stereocenters. The highest BCUT2D eigenvalue weighted by Gasteiger charge is 2.07. The molecule has 0 N–H and O–H groups in total. The van der Waals surface area contributed by atoms with Crippen LogP contribution in [0.15, 0.2) is 36.7 Å². The Kier molecular flexibility index (Phi) is 3.74. The van der Waals surface area contributed by atoms with Gasteiger partial charge in [0.15, 0.2) is 0 Å². The zero-order chi connectivity index (χ0) is 13.9. The highest BCUT2D eigenvalue weighted by molar-refractivity contribution is 7.11. The third-order valence-corrected chi connectivity index (χ3v) is 4.13. The van der Waals surface area contributed by atoms with Gasteiger partial charge >= 0.3 is 0 Å². The molecular formula is C16H18N2OS. The second-order valence-electron chi connectivity index (χ2n) is 4.83. The summed E-state index contributed by atoms with van der Waals surface area (Å²) in [7, 11) is 0. The van der Waals surface area contributed by atoms with E-state index in [1.165, 1.54) is 15.8 Å². The van der Waals surface area contributed by atoms with Crippen molar-refractivity contribution in [3.8, 4) is 5.75 Å². The summed E-state index contributed by atoms with van der Waals surface area (Å²) in [6.07, 6.45) is 5.11. The van der Waals surface area contributed by atoms with E-state index >= 15 is 0 Å². The maximum atomic E-state index is 5.81. The van der Waals surface area contributed by atoms with Crippen molar-refractivity contribution >= 4 is 22.2 Å². The first kappa shape index (κ1) is 13.2. The zero-order valence-corrected chi connectivity index (χ0v) is 12.6. The molecule has 2 heterocycles. The fraction of sp³-hybridized carbons (Fsp3) is 0.312. The molecule has 2 aromatic heterocycles. The maximum absolute atomic E-state index is 5.81. The number of rotatable bonds is 5. The van der Waals surface area contributed by atoms with Crippen molar-refractivity contribution in [2.75, 3.05) is 6.61 Å². The van der Waals surface area contributed by atoms with Gasteiger partial charge in [-0.05, 0) is 31.5 Å². The van der Waals surface area contributed by atoms with E-state index in [9.17, 15) is 0 Å². The molecule has 0 aliphatic carbocycles. The molecule has 0 spiro atoms. The monoisotopic (exact) mass is 286 g/mol. The van der Waals surface area contributed by atoms with Crippen LogP contribution < -0.4 is 4.74 Å². The van der Waals surface area contributed by atoms with Gasteiger partial charge in [0, 0.05) is 22.7 Å². The largest absolute Gasteiger partial charge is 0.493 e. The zero-order valence-electron chi connectivity index (χ0n) is 11.8. The fourth-order valence-corrected chi connectivity index (χ4v) is 3.11. The van der Waals surface area contributed by atoms with Crippen molar-refractivity contribution in [1.29, 1.82) is 0 Å². The van der Waals surface area contributed by atoms with E-state index in [1.807, 2.05) is 19.2 Å². The minimum atomic E-state index is 0.762. The average molecular weight is 286 g/mol.